The minimum Gasteiger partial charge on any atom is -0.450 e. The van der Waals surface area contributed by atoms with Crippen molar-refractivity contribution in [2.75, 3.05) is 6.61 Å². The number of amides is 2. The molecule has 2 amide bonds. The van der Waals surface area contributed by atoms with E-state index in [9.17, 15) is 9.59 Å². The van der Waals surface area contributed by atoms with E-state index in [1.165, 1.54) is 0 Å². The van der Waals surface area contributed by atoms with E-state index in [2.05, 4.69) is 11.3 Å². The highest BCUT2D eigenvalue weighted by atomic mass is 16.6. The average Bonchev–Trinajstić information content (AvgIpc) is 2.00. The molecule has 15 heavy (non-hydrogen) atoms. The highest BCUT2D eigenvalue weighted by Gasteiger charge is 2.13. The van der Waals surface area contributed by atoms with Crippen molar-refractivity contribution in [2.24, 2.45) is 11.5 Å². The van der Waals surface area contributed by atoms with E-state index >= 15 is 0 Å². The van der Waals surface area contributed by atoms with Crippen LogP contribution in [0.3, 0.4) is 0 Å². The molecule has 0 aliphatic rings. The molecule has 6 nitrogen and oxygen atoms in total. The summed E-state index contributed by atoms with van der Waals surface area (Å²) in [5, 5.41) is 0. The van der Waals surface area contributed by atoms with Gasteiger partial charge in [-0.1, -0.05) is 5.57 Å². The normalized spacial score (nSPS) is 11.5. The van der Waals surface area contributed by atoms with Gasteiger partial charge in [0.05, 0.1) is 6.61 Å². The summed E-state index contributed by atoms with van der Waals surface area (Å²) in [4.78, 5) is 20.8. The molecule has 0 spiro atoms. The van der Waals surface area contributed by atoms with Crippen LogP contribution in [0.25, 0.3) is 0 Å². The van der Waals surface area contributed by atoms with Gasteiger partial charge in [-0.15, -0.1) is 6.58 Å². The Kier molecular flexibility index (Phi) is 5.92. The first-order valence-corrected chi connectivity index (χ1v) is 4.44. The van der Waals surface area contributed by atoms with Crippen molar-refractivity contribution in [1.82, 2.24) is 0 Å². The van der Waals surface area contributed by atoms with Gasteiger partial charge >= 0.3 is 12.2 Å². The molecule has 0 saturated carbocycles. The zero-order valence-electron chi connectivity index (χ0n) is 8.69. The molecule has 4 N–H and O–H groups in total. The first kappa shape index (κ1) is 13.3. The van der Waals surface area contributed by atoms with E-state index in [0.717, 1.165) is 5.57 Å². The van der Waals surface area contributed by atoms with Gasteiger partial charge in [-0.25, -0.2) is 9.59 Å². The third-order valence-electron chi connectivity index (χ3n) is 1.54. The maximum atomic E-state index is 10.5. The second-order valence-electron chi connectivity index (χ2n) is 3.18. The third-order valence-corrected chi connectivity index (χ3v) is 1.54. The van der Waals surface area contributed by atoms with Crippen LogP contribution in [0.2, 0.25) is 0 Å². The summed E-state index contributed by atoms with van der Waals surface area (Å²) in [6, 6.07) is 0. The zero-order chi connectivity index (χ0) is 11.8. The van der Waals surface area contributed by atoms with Crippen LogP contribution in [0.1, 0.15) is 19.8 Å². The average molecular weight is 216 g/mol. The molecule has 0 fully saturated rings. The van der Waals surface area contributed by atoms with Gasteiger partial charge in [0.1, 0.15) is 6.10 Å². The Morgan fingerprint density at radius 3 is 2.33 bits per heavy atom. The van der Waals surface area contributed by atoms with Crippen LogP contribution < -0.4 is 11.5 Å². The summed E-state index contributed by atoms with van der Waals surface area (Å²) in [5.74, 6) is 0. The fourth-order valence-corrected chi connectivity index (χ4v) is 1.05. The van der Waals surface area contributed by atoms with Crippen LogP contribution in [0.15, 0.2) is 12.2 Å². The van der Waals surface area contributed by atoms with Gasteiger partial charge in [0.2, 0.25) is 0 Å². The Hall–Kier alpha value is -1.72. The molecule has 86 valence electrons. The maximum Gasteiger partial charge on any atom is 0.404 e. The van der Waals surface area contributed by atoms with E-state index in [1.54, 1.807) is 6.92 Å². The summed E-state index contributed by atoms with van der Waals surface area (Å²) >= 11 is 0. The number of hydrogen-bond acceptors (Lipinski definition) is 4. The summed E-state index contributed by atoms with van der Waals surface area (Å²) in [6.45, 7) is 5.56. The lowest BCUT2D eigenvalue weighted by atomic mass is 10.1. The summed E-state index contributed by atoms with van der Waals surface area (Å²) in [5.41, 5.74) is 10.5. The largest absolute Gasteiger partial charge is 0.450 e. The Morgan fingerprint density at radius 2 is 1.93 bits per heavy atom. The highest BCUT2D eigenvalue weighted by Crippen LogP contribution is 2.10. The number of nitrogens with two attached hydrogens (primary N) is 2. The van der Waals surface area contributed by atoms with Gasteiger partial charge in [0.25, 0.3) is 0 Å². The van der Waals surface area contributed by atoms with Gasteiger partial charge in [0, 0.05) is 12.8 Å². The molecular weight excluding hydrogens is 200 g/mol. The minimum absolute atomic E-state index is 0.0839. The minimum atomic E-state index is -0.861. The van der Waals surface area contributed by atoms with Crippen molar-refractivity contribution in [3.05, 3.63) is 12.2 Å². The third kappa shape index (κ3) is 8.61. The molecule has 0 aliphatic heterocycles. The smallest absolute Gasteiger partial charge is 0.404 e. The van der Waals surface area contributed by atoms with Gasteiger partial charge < -0.3 is 20.9 Å². The maximum absolute atomic E-state index is 10.5. The molecule has 0 aromatic rings. The molecule has 1 unspecified atom stereocenters. The lowest BCUT2D eigenvalue weighted by Gasteiger charge is -2.16. The number of carbonyl (C=O) groups is 2. The van der Waals surface area contributed by atoms with Crippen molar-refractivity contribution in [3.8, 4) is 0 Å². The Morgan fingerprint density at radius 1 is 1.33 bits per heavy atom. The monoisotopic (exact) mass is 216 g/mol. The Bertz CT molecular complexity index is 236. The van der Waals surface area contributed by atoms with Crippen molar-refractivity contribution in [2.45, 2.75) is 25.9 Å². The fourth-order valence-electron chi connectivity index (χ4n) is 1.05. The predicted octanol–water partition coefficient (Wildman–Crippen LogP) is 0.902. The fraction of sp³-hybridized carbons (Fsp3) is 0.556. The van der Waals surface area contributed by atoms with Crippen LogP contribution in [0, 0.1) is 0 Å². The number of ether oxygens (including phenoxy) is 2. The summed E-state index contributed by atoms with van der Waals surface area (Å²) < 4.78 is 9.30. The SMILES string of the molecule is C=C(C)CC(CCOC(N)=O)OC(N)=O. The van der Waals surface area contributed by atoms with Gasteiger partial charge in [-0.2, -0.15) is 0 Å². The first-order chi connectivity index (χ1) is 6.91. The van der Waals surface area contributed by atoms with Crippen molar-refractivity contribution in [1.29, 1.82) is 0 Å². The standard InChI is InChI=1S/C9H16N2O4/c1-6(2)5-7(15-9(11)13)3-4-14-8(10)12/h7H,1,3-5H2,2H3,(H2,10,12)(H2,11,13). The van der Waals surface area contributed by atoms with E-state index in [0.29, 0.717) is 12.8 Å². The van der Waals surface area contributed by atoms with Gasteiger partial charge in [-0.3, -0.25) is 0 Å². The lowest BCUT2D eigenvalue weighted by Crippen LogP contribution is -2.25. The highest BCUT2D eigenvalue weighted by molar-refractivity contribution is 5.65. The topological polar surface area (TPSA) is 105 Å². The molecule has 0 bridgehead atoms. The van der Waals surface area contributed by atoms with Crippen molar-refractivity contribution in [3.63, 3.8) is 0 Å². The van der Waals surface area contributed by atoms with Gasteiger partial charge in [-0.05, 0) is 6.92 Å². The molecule has 0 saturated heterocycles. The number of primary amides is 2. The quantitative estimate of drug-likeness (QED) is 0.643. The summed E-state index contributed by atoms with van der Waals surface area (Å²) in [6.07, 6.45) is -1.33. The molecule has 0 aromatic heterocycles. The van der Waals surface area contributed by atoms with Crippen molar-refractivity contribution < 1.29 is 19.1 Å². The number of rotatable bonds is 6. The van der Waals surface area contributed by atoms with E-state index in [-0.39, 0.29) is 6.61 Å². The lowest BCUT2D eigenvalue weighted by molar-refractivity contribution is 0.0813. The van der Waals surface area contributed by atoms with Crippen LogP contribution in [-0.2, 0) is 9.47 Å². The van der Waals surface area contributed by atoms with E-state index < -0.39 is 18.3 Å². The molecule has 1 atom stereocenters. The van der Waals surface area contributed by atoms with Crippen LogP contribution in [0.5, 0.6) is 0 Å². The molecule has 0 aromatic carbocycles. The van der Waals surface area contributed by atoms with E-state index in [1.807, 2.05) is 0 Å². The molecule has 0 rings (SSSR count). The van der Waals surface area contributed by atoms with E-state index in [4.69, 9.17) is 16.2 Å². The van der Waals surface area contributed by atoms with Crippen LogP contribution in [-0.4, -0.2) is 24.9 Å². The second kappa shape index (κ2) is 6.69. The summed E-state index contributed by atoms with van der Waals surface area (Å²) in [7, 11) is 0. The van der Waals surface area contributed by atoms with Gasteiger partial charge in [0.15, 0.2) is 0 Å². The van der Waals surface area contributed by atoms with Crippen LogP contribution in [0.4, 0.5) is 9.59 Å². The molecular formula is C9H16N2O4. The molecule has 0 aliphatic carbocycles. The number of carbonyl (C=O) groups excluding carboxylic acids is 2. The van der Waals surface area contributed by atoms with Crippen LogP contribution >= 0.6 is 0 Å². The molecule has 6 heteroatoms. The zero-order valence-corrected chi connectivity index (χ0v) is 8.69. The second-order valence-corrected chi connectivity index (χ2v) is 3.18. The Balaban J connectivity index is 3.94. The molecule has 0 radical (unpaired) electrons. The first-order valence-electron chi connectivity index (χ1n) is 4.44. The molecule has 0 heterocycles. The Labute approximate surface area is 88.2 Å². The number of hydrogen-bond donors (Lipinski definition) is 2. The predicted molar refractivity (Wildman–Crippen MR) is 54.0 cm³/mol. The van der Waals surface area contributed by atoms with Crippen molar-refractivity contribution >= 4 is 12.2 Å².